The molecule has 1 N–H and O–H groups in total. The Morgan fingerprint density at radius 3 is 2.21 bits per heavy atom. The van der Waals surface area contributed by atoms with Crippen LogP contribution in [0.4, 0.5) is 0 Å². The molecule has 0 heterocycles. The summed E-state index contributed by atoms with van der Waals surface area (Å²) in [6.07, 6.45) is 0. The Morgan fingerprint density at radius 1 is 0.947 bits per heavy atom. The average Bonchev–Trinajstić information content (AvgIpc) is 2.37. The summed E-state index contributed by atoms with van der Waals surface area (Å²) >= 11 is 0. The van der Waals surface area contributed by atoms with Gasteiger partial charge in [0.1, 0.15) is 11.5 Å². The predicted molar refractivity (Wildman–Crippen MR) is 78.8 cm³/mol. The van der Waals surface area contributed by atoms with E-state index in [0.717, 1.165) is 16.9 Å². The SMILES string of the molecule is COc1ccc(C(C)(C)C)cc1-c1ccccc1O. The summed E-state index contributed by atoms with van der Waals surface area (Å²) in [5.41, 5.74) is 3.00. The Bertz CT molecular complexity index is 580. The number of aromatic hydroxyl groups is 1. The highest BCUT2D eigenvalue weighted by molar-refractivity contribution is 5.76. The first-order valence-electron chi connectivity index (χ1n) is 6.40. The molecule has 2 rings (SSSR count). The van der Waals surface area contributed by atoms with Gasteiger partial charge in [0.15, 0.2) is 0 Å². The van der Waals surface area contributed by atoms with E-state index < -0.39 is 0 Å². The first-order valence-corrected chi connectivity index (χ1v) is 6.40. The van der Waals surface area contributed by atoms with Gasteiger partial charge < -0.3 is 9.84 Å². The van der Waals surface area contributed by atoms with Crippen molar-refractivity contribution in [1.29, 1.82) is 0 Å². The lowest BCUT2D eigenvalue weighted by molar-refractivity contribution is 0.415. The first-order chi connectivity index (χ1) is 8.93. The maximum absolute atomic E-state index is 10.0. The molecule has 0 atom stereocenters. The van der Waals surface area contributed by atoms with Crippen LogP contribution in [0, 0.1) is 0 Å². The second kappa shape index (κ2) is 4.96. The molecule has 0 aliphatic rings. The summed E-state index contributed by atoms with van der Waals surface area (Å²) in [6, 6.07) is 13.5. The third-order valence-corrected chi connectivity index (χ3v) is 3.26. The summed E-state index contributed by atoms with van der Waals surface area (Å²) in [5, 5.41) is 10.0. The molecule has 0 amide bonds. The Kier molecular flexibility index (Phi) is 3.52. The zero-order valence-electron chi connectivity index (χ0n) is 11.9. The maximum atomic E-state index is 10.0. The zero-order valence-corrected chi connectivity index (χ0v) is 11.9. The highest BCUT2D eigenvalue weighted by atomic mass is 16.5. The van der Waals surface area contributed by atoms with Crippen molar-refractivity contribution in [3.63, 3.8) is 0 Å². The van der Waals surface area contributed by atoms with Gasteiger partial charge in [-0.15, -0.1) is 0 Å². The highest BCUT2D eigenvalue weighted by Crippen LogP contribution is 2.38. The molecule has 100 valence electrons. The predicted octanol–water partition coefficient (Wildman–Crippen LogP) is 4.37. The minimum Gasteiger partial charge on any atom is -0.507 e. The molecule has 19 heavy (non-hydrogen) atoms. The quantitative estimate of drug-likeness (QED) is 0.864. The second-order valence-corrected chi connectivity index (χ2v) is 5.68. The topological polar surface area (TPSA) is 29.5 Å². The smallest absolute Gasteiger partial charge is 0.126 e. The van der Waals surface area contributed by atoms with E-state index >= 15 is 0 Å². The van der Waals surface area contributed by atoms with Crippen LogP contribution in [0.2, 0.25) is 0 Å². The van der Waals surface area contributed by atoms with Crippen LogP contribution >= 0.6 is 0 Å². The molecule has 2 aromatic rings. The molecule has 0 spiro atoms. The van der Waals surface area contributed by atoms with Gasteiger partial charge in [-0.2, -0.15) is 0 Å². The number of methoxy groups -OCH3 is 1. The molecule has 0 saturated carbocycles. The normalized spacial score (nSPS) is 11.4. The molecule has 0 radical (unpaired) electrons. The minimum absolute atomic E-state index is 0.0609. The lowest BCUT2D eigenvalue weighted by Crippen LogP contribution is -2.11. The van der Waals surface area contributed by atoms with Crippen molar-refractivity contribution < 1.29 is 9.84 Å². The second-order valence-electron chi connectivity index (χ2n) is 5.68. The van der Waals surface area contributed by atoms with Crippen LogP contribution in [-0.4, -0.2) is 12.2 Å². The number of rotatable bonds is 2. The highest BCUT2D eigenvalue weighted by Gasteiger charge is 2.17. The maximum Gasteiger partial charge on any atom is 0.126 e. The summed E-state index contributed by atoms with van der Waals surface area (Å²) in [4.78, 5) is 0. The summed E-state index contributed by atoms with van der Waals surface area (Å²) in [6.45, 7) is 6.51. The van der Waals surface area contributed by atoms with Crippen molar-refractivity contribution in [2.75, 3.05) is 7.11 Å². The number of para-hydroxylation sites is 1. The van der Waals surface area contributed by atoms with Crippen molar-refractivity contribution >= 4 is 0 Å². The molecule has 2 nitrogen and oxygen atoms in total. The van der Waals surface area contributed by atoms with Crippen LogP contribution in [0.25, 0.3) is 11.1 Å². The van der Waals surface area contributed by atoms with Crippen molar-refractivity contribution in [2.24, 2.45) is 0 Å². The van der Waals surface area contributed by atoms with Gasteiger partial charge in [-0.3, -0.25) is 0 Å². The molecule has 0 aliphatic heterocycles. The summed E-state index contributed by atoms with van der Waals surface area (Å²) in [7, 11) is 1.65. The standard InChI is InChI=1S/C17H20O2/c1-17(2,3)12-9-10-16(19-4)14(11-12)13-7-5-6-8-15(13)18/h5-11,18H,1-4H3. The monoisotopic (exact) mass is 256 g/mol. The largest absolute Gasteiger partial charge is 0.507 e. The van der Waals surface area contributed by atoms with Crippen molar-refractivity contribution in [3.05, 3.63) is 48.0 Å². The molecule has 0 saturated heterocycles. The number of phenolic OH excluding ortho intramolecular Hbond substituents is 1. The Balaban J connectivity index is 2.64. The van der Waals surface area contributed by atoms with Gasteiger partial charge in [0.05, 0.1) is 7.11 Å². The number of hydrogen-bond acceptors (Lipinski definition) is 2. The van der Waals surface area contributed by atoms with E-state index in [2.05, 4.69) is 32.9 Å². The molecule has 0 aliphatic carbocycles. The first kappa shape index (κ1) is 13.5. The lowest BCUT2D eigenvalue weighted by atomic mass is 9.85. The number of ether oxygens (including phenoxy) is 1. The molecule has 2 heteroatoms. The van der Waals surface area contributed by atoms with Crippen molar-refractivity contribution in [2.45, 2.75) is 26.2 Å². The van der Waals surface area contributed by atoms with Crippen LogP contribution in [0.3, 0.4) is 0 Å². The minimum atomic E-state index is 0.0609. The van der Waals surface area contributed by atoms with Crippen molar-refractivity contribution in [3.8, 4) is 22.6 Å². The Hall–Kier alpha value is -1.96. The molecule has 2 aromatic carbocycles. The molecular formula is C17H20O2. The van der Waals surface area contributed by atoms with Gasteiger partial charge in [0, 0.05) is 11.1 Å². The molecular weight excluding hydrogens is 236 g/mol. The van der Waals surface area contributed by atoms with E-state index in [-0.39, 0.29) is 11.2 Å². The molecule has 0 bridgehead atoms. The zero-order chi connectivity index (χ0) is 14.0. The third kappa shape index (κ3) is 2.73. The molecule has 0 unspecified atom stereocenters. The third-order valence-electron chi connectivity index (χ3n) is 3.26. The number of benzene rings is 2. The molecule has 0 aromatic heterocycles. The fraction of sp³-hybridized carbons (Fsp3) is 0.294. The fourth-order valence-corrected chi connectivity index (χ4v) is 2.09. The van der Waals surface area contributed by atoms with Crippen LogP contribution in [0.5, 0.6) is 11.5 Å². The van der Waals surface area contributed by atoms with E-state index in [9.17, 15) is 5.11 Å². The van der Waals surface area contributed by atoms with Gasteiger partial charge >= 0.3 is 0 Å². The Labute approximate surface area is 114 Å². The van der Waals surface area contributed by atoms with E-state index in [4.69, 9.17) is 4.74 Å². The summed E-state index contributed by atoms with van der Waals surface area (Å²) < 4.78 is 5.41. The summed E-state index contributed by atoms with van der Waals surface area (Å²) in [5.74, 6) is 1.04. The van der Waals surface area contributed by atoms with E-state index in [0.29, 0.717) is 0 Å². The van der Waals surface area contributed by atoms with Gasteiger partial charge in [-0.25, -0.2) is 0 Å². The Morgan fingerprint density at radius 2 is 1.63 bits per heavy atom. The van der Waals surface area contributed by atoms with Crippen LogP contribution < -0.4 is 4.74 Å². The number of hydrogen-bond donors (Lipinski definition) is 1. The van der Waals surface area contributed by atoms with Gasteiger partial charge in [0.2, 0.25) is 0 Å². The number of phenols is 1. The van der Waals surface area contributed by atoms with E-state index in [1.165, 1.54) is 5.56 Å². The van der Waals surface area contributed by atoms with Crippen LogP contribution in [-0.2, 0) is 5.41 Å². The van der Waals surface area contributed by atoms with Crippen LogP contribution in [0.15, 0.2) is 42.5 Å². The van der Waals surface area contributed by atoms with E-state index in [1.807, 2.05) is 24.3 Å². The lowest BCUT2D eigenvalue weighted by Gasteiger charge is -2.21. The van der Waals surface area contributed by atoms with Gasteiger partial charge in [-0.1, -0.05) is 45.0 Å². The van der Waals surface area contributed by atoms with Crippen LogP contribution in [0.1, 0.15) is 26.3 Å². The van der Waals surface area contributed by atoms with E-state index in [1.54, 1.807) is 13.2 Å². The average molecular weight is 256 g/mol. The fourth-order valence-electron chi connectivity index (χ4n) is 2.09. The molecule has 0 fully saturated rings. The van der Waals surface area contributed by atoms with Gasteiger partial charge in [0.25, 0.3) is 0 Å². The van der Waals surface area contributed by atoms with Gasteiger partial charge in [-0.05, 0) is 29.2 Å². The van der Waals surface area contributed by atoms with Crippen molar-refractivity contribution in [1.82, 2.24) is 0 Å².